The second kappa shape index (κ2) is 11.2. The summed E-state index contributed by atoms with van der Waals surface area (Å²) in [4.78, 5) is 38.5. The summed E-state index contributed by atoms with van der Waals surface area (Å²) in [7, 11) is 0. The normalized spacial score (nSPS) is 12.1. The van der Waals surface area contributed by atoms with Crippen LogP contribution in [-0.4, -0.2) is 50.6 Å². The second-order valence-corrected chi connectivity index (χ2v) is 7.21. The fourth-order valence-corrected chi connectivity index (χ4v) is 3.34. The number of hydrogen-bond acceptors (Lipinski definition) is 7. The van der Waals surface area contributed by atoms with E-state index in [2.05, 4.69) is 24.1 Å². The predicted octanol–water partition coefficient (Wildman–Crippen LogP) is 3.45. The fraction of sp³-hybridized carbons (Fsp3) is 0.375. The third-order valence-corrected chi connectivity index (χ3v) is 5.06. The van der Waals surface area contributed by atoms with Crippen LogP contribution >= 0.6 is 0 Å². The maximum absolute atomic E-state index is 12.3. The van der Waals surface area contributed by atoms with Gasteiger partial charge in [-0.1, -0.05) is 0 Å². The van der Waals surface area contributed by atoms with Gasteiger partial charge in [0.2, 0.25) is 0 Å². The SMILES string of the molecule is CCN(CC)c1ccc(NC(=O)COC(=O)CCC(=O)c2ccc3c(c2)OCCO3)cc1. The predicted molar refractivity (Wildman–Crippen MR) is 121 cm³/mol. The Kier molecular flexibility index (Phi) is 8.08. The van der Waals surface area contributed by atoms with Gasteiger partial charge in [0.1, 0.15) is 13.2 Å². The minimum Gasteiger partial charge on any atom is -0.486 e. The Hall–Kier alpha value is -3.55. The molecule has 1 heterocycles. The summed E-state index contributed by atoms with van der Waals surface area (Å²) in [6.07, 6.45) is -0.133. The molecule has 0 bridgehead atoms. The number of nitrogens with zero attached hydrogens (tertiary/aromatic N) is 1. The lowest BCUT2D eigenvalue weighted by molar-refractivity contribution is -0.147. The van der Waals surface area contributed by atoms with Gasteiger partial charge in [-0.15, -0.1) is 0 Å². The van der Waals surface area contributed by atoms with Crippen LogP contribution in [-0.2, 0) is 14.3 Å². The fourth-order valence-electron chi connectivity index (χ4n) is 3.34. The lowest BCUT2D eigenvalue weighted by atomic mass is 10.1. The van der Waals surface area contributed by atoms with Crippen LogP contribution in [0.25, 0.3) is 0 Å². The average molecular weight is 440 g/mol. The number of carbonyl (C=O) groups excluding carboxylic acids is 3. The molecule has 32 heavy (non-hydrogen) atoms. The molecule has 170 valence electrons. The number of hydrogen-bond donors (Lipinski definition) is 1. The summed E-state index contributed by atoms with van der Waals surface area (Å²) in [5, 5.41) is 2.69. The Balaban J connectivity index is 1.40. The van der Waals surface area contributed by atoms with E-state index in [0.717, 1.165) is 18.8 Å². The van der Waals surface area contributed by atoms with E-state index >= 15 is 0 Å². The first-order valence-corrected chi connectivity index (χ1v) is 10.7. The number of benzene rings is 2. The van der Waals surface area contributed by atoms with Crippen molar-refractivity contribution in [3.8, 4) is 11.5 Å². The van der Waals surface area contributed by atoms with Crippen LogP contribution in [0, 0.1) is 0 Å². The first-order chi connectivity index (χ1) is 15.5. The molecule has 8 heteroatoms. The van der Waals surface area contributed by atoms with Gasteiger partial charge in [0.25, 0.3) is 5.91 Å². The summed E-state index contributed by atoms with van der Waals surface area (Å²) >= 11 is 0. The van der Waals surface area contributed by atoms with E-state index in [9.17, 15) is 14.4 Å². The molecule has 0 spiro atoms. The van der Waals surface area contributed by atoms with Crippen molar-refractivity contribution in [1.29, 1.82) is 0 Å². The van der Waals surface area contributed by atoms with Crippen molar-refractivity contribution in [3.63, 3.8) is 0 Å². The van der Waals surface area contributed by atoms with Crippen molar-refractivity contribution in [2.24, 2.45) is 0 Å². The molecule has 0 radical (unpaired) electrons. The molecule has 0 aliphatic carbocycles. The maximum Gasteiger partial charge on any atom is 0.306 e. The van der Waals surface area contributed by atoms with Crippen LogP contribution in [0.1, 0.15) is 37.0 Å². The Morgan fingerprint density at radius 2 is 1.62 bits per heavy atom. The van der Waals surface area contributed by atoms with Gasteiger partial charge in [-0.25, -0.2) is 0 Å². The van der Waals surface area contributed by atoms with Crippen LogP contribution in [0.4, 0.5) is 11.4 Å². The van der Waals surface area contributed by atoms with Gasteiger partial charge in [-0.3, -0.25) is 14.4 Å². The van der Waals surface area contributed by atoms with Crippen LogP contribution in [0.2, 0.25) is 0 Å². The van der Waals surface area contributed by atoms with E-state index in [1.165, 1.54) is 0 Å². The van der Waals surface area contributed by atoms with Crippen molar-refractivity contribution >= 4 is 29.0 Å². The van der Waals surface area contributed by atoms with Crippen LogP contribution in [0.15, 0.2) is 42.5 Å². The first kappa shape index (κ1) is 23.1. The number of ketones is 1. The van der Waals surface area contributed by atoms with Crippen LogP contribution in [0.5, 0.6) is 11.5 Å². The average Bonchev–Trinajstić information content (AvgIpc) is 2.82. The molecule has 1 N–H and O–H groups in total. The van der Waals surface area contributed by atoms with E-state index in [1.807, 2.05) is 12.1 Å². The zero-order valence-electron chi connectivity index (χ0n) is 18.4. The first-order valence-electron chi connectivity index (χ1n) is 10.7. The summed E-state index contributed by atoms with van der Waals surface area (Å²) in [5.74, 6) is -0.140. The standard InChI is InChI=1S/C24H28N2O6/c1-3-26(4-2)19-8-6-18(7-9-19)25-23(28)16-32-24(29)12-10-20(27)17-5-11-21-22(15-17)31-14-13-30-21/h5-9,11,15H,3-4,10,12-14,16H2,1-2H3,(H,25,28). The van der Waals surface area contributed by atoms with Gasteiger partial charge >= 0.3 is 5.97 Å². The Morgan fingerprint density at radius 3 is 2.31 bits per heavy atom. The van der Waals surface area contributed by atoms with Crippen molar-refractivity contribution in [3.05, 3.63) is 48.0 Å². The number of Topliss-reactive ketones (excluding diaryl/α,β-unsaturated/α-hetero) is 1. The van der Waals surface area contributed by atoms with E-state index in [-0.39, 0.29) is 18.6 Å². The van der Waals surface area contributed by atoms with Gasteiger partial charge in [-0.05, 0) is 56.3 Å². The highest BCUT2D eigenvalue weighted by Gasteiger charge is 2.16. The largest absolute Gasteiger partial charge is 0.486 e. The lowest BCUT2D eigenvalue weighted by Gasteiger charge is -2.21. The van der Waals surface area contributed by atoms with Crippen molar-refractivity contribution in [1.82, 2.24) is 0 Å². The molecule has 3 rings (SSSR count). The van der Waals surface area contributed by atoms with Crippen LogP contribution < -0.4 is 19.7 Å². The highest BCUT2D eigenvalue weighted by molar-refractivity contribution is 5.98. The molecule has 8 nitrogen and oxygen atoms in total. The summed E-state index contributed by atoms with van der Waals surface area (Å²) in [6, 6.07) is 12.4. The van der Waals surface area contributed by atoms with Crippen molar-refractivity contribution in [2.75, 3.05) is 43.1 Å². The highest BCUT2D eigenvalue weighted by Crippen LogP contribution is 2.31. The summed E-state index contributed by atoms with van der Waals surface area (Å²) < 4.78 is 15.9. The Bertz CT molecular complexity index is 953. The quantitative estimate of drug-likeness (QED) is 0.447. The minimum atomic E-state index is -0.608. The molecule has 0 aromatic heterocycles. The van der Waals surface area contributed by atoms with E-state index < -0.39 is 18.5 Å². The molecule has 1 aliphatic rings. The molecule has 2 aromatic carbocycles. The molecular weight excluding hydrogens is 412 g/mol. The molecule has 0 saturated carbocycles. The molecule has 2 aromatic rings. The molecule has 1 amide bonds. The molecule has 0 fully saturated rings. The maximum atomic E-state index is 12.3. The van der Waals surface area contributed by atoms with Gasteiger partial charge in [0, 0.05) is 36.4 Å². The van der Waals surface area contributed by atoms with Gasteiger partial charge < -0.3 is 24.4 Å². The zero-order valence-corrected chi connectivity index (χ0v) is 18.4. The van der Waals surface area contributed by atoms with Gasteiger partial charge in [-0.2, -0.15) is 0 Å². The topological polar surface area (TPSA) is 94.2 Å². The van der Waals surface area contributed by atoms with Crippen molar-refractivity contribution < 1.29 is 28.6 Å². The molecule has 0 atom stereocenters. The number of fused-ring (bicyclic) bond motifs is 1. The van der Waals surface area contributed by atoms with Crippen LogP contribution in [0.3, 0.4) is 0 Å². The number of esters is 1. The van der Waals surface area contributed by atoms with Crippen molar-refractivity contribution in [2.45, 2.75) is 26.7 Å². The Labute approximate surface area is 187 Å². The molecule has 1 aliphatic heterocycles. The minimum absolute atomic E-state index is 0.0209. The third-order valence-electron chi connectivity index (χ3n) is 5.06. The number of amides is 1. The third kappa shape index (κ3) is 6.23. The number of anilines is 2. The molecule has 0 unspecified atom stereocenters. The zero-order chi connectivity index (χ0) is 22.9. The van der Waals surface area contributed by atoms with Gasteiger partial charge in [0.15, 0.2) is 23.9 Å². The number of carbonyl (C=O) groups is 3. The monoisotopic (exact) mass is 440 g/mol. The number of nitrogens with one attached hydrogen (secondary N) is 1. The van der Waals surface area contributed by atoms with E-state index in [1.54, 1.807) is 30.3 Å². The van der Waals surface area contributed by atoms with E-state index in [0.29, 0.717) is 36.0 Å². The number of ether oxygens (including phenoxy) is 3. The number of rotatable bonds is 10. The Morgan fingerprint density at radius 1 is 0.938 bits per heavy atom. The summed E-state index contributed by atoms with van der Waals surface area (Å²) in [6.45, 7) is 6.45. The van der Waals surface area contributed by atoms with Gasteiger partial charge in [0.05, 0.1) is 6.42 Å². The second-order valence-electron chi connectivity index (χ2n) is 7.21. The molecule has 0 saturated heterocycles. The lowest BCUT2D eigenvalue weighted by Crippen LogP contribution is -2.22. The highest BCUT2D eigenvalue weighted by atomic mass is 16.6. The molecular formula is C24H28N2O6. The van der Waals surface area contributed by atoms with E-state index in [4.69, 9.17) is 14.2 Å². The smallest absolute Gasteiger partial charge is 0.306 e. The summed E-state index contributed by atoms with van der Waals surface area (Å²) in [5.41, 5.74) is 2.13.